The quantitative estimate of drug-likeness (QED) is 0.247. The molecular weight excluding hydrogens is 442 g/mol. The minimum absolute atomic E-state index is 0.205. The Morgan fingerprint density at radius 2 is 2.06 bits per heavy atom. The number of aryl methyl sites for hydroxylation is 1. The van der Waals surface area contributed by atoms with Crippen molar-refractivity contribution in [3.8, 4) is 0 Å². The molecule has 170 valence electrons. The molecule has 33 heavy (non-hydrogen) atoms. The molecule has 3 aromatic heterocycles. The highest BCUT2D eigenvalue weighted by Gasteiger charge is 2.25. The highest BCUT2D eigenvalue weighted by Crippen LogP contribution is 2.19. The van der Waals surface area contributed by atoms with Gasteiger partial charge in [-0.05, 0) is 31.5 Å². The van der Waals surface area contributed by atoms with Crippen LogP contribution >= 0.6 is 11.6 Å². The summed E-state index contributed by atoms with van der Waals surface area (Å²) in [5.41, 5.74) is 8.98. The number of fused-ring (bicyclic) bond motifs is 2. The summed E-state index contributed by atoms with van der Waals surface area (Å²) in [6.45, 7) is 3.08. The first-order valence-electron chi connectivity index (χ1n) is 10.6. The summed E-state index contributed by atoms with van der Waals surface area (Å²) in [7, 11) is 1.60. The van der Waals surface area contributed by atoms with Crippen molar-refractivity contribution in [3.05, 3.63) is 80.7 Å². The van der Waals surface area contributed by atoms with E-state index in [1.807, 2.05) is 31.2 Å². The number of rotatable bonds is 7. The van der Waals surface area contributed by atoms with Crippen molar-refractivity contribution in [2.24, 2.45) is 0 Å². The van der Waals surface area contributed by atoms with Crippen LogP contribution in [0.2, 0.25) is 5.02 Å². The number of nitrogens with zero attached hydrogens (tertiary/aromatic N) is 3. The second-order valence-electron chi connectivity index (χ2n) is 7.76. The molecule has 3 N–H and O–H groups in total. The highest BCUT2D eigenvalue weighted by atomic mass is 35.5. The fourth-order valence-electron chi connectivity index (χ4n) is 3.76. The van der Waals surface area contributed by atoms with Gasteiger partial charge in [0.05, 0.1) is 6.54 Å². The van der Waals surface area contributed by atoms with Gasteiger partial charge in [-0.1, -0.05) is 40.9 Å². The third-order valence-corrected chi connectivity index (χ3v) is 5.89. The van der Waals surface area contributed by atoms with Crippen molar-refractivity contribution in [2.75, 3.05) is 26.0 Å². The first-order valence-corrected chi connectivity index (χ1v) is 10.9. The monoisotopic (exact) mass is 466 g/mol. The molecule has 0 unspecified atom stereocenters. The van der Waals surface area contributed by atoms with Gasteiger partial charge in [0.15, 0.2) is 0 Å². The summed E-state index contributed by atoms with van der Waals surface area (Å²) in [5.74, 6) is -0.163. The third kappa shape index (κ3) is 4.40. The summed E-state index contributed by atoms with van der Waals surface area (Å²) in [6.07, 6.45) is 2.32. The molecule has 0 fully saturated rings. The number of nitrogens with two attached hydrogens (primary N) is 1. The maximum absolute atomic E-state index is 13.4. The summed E-state index contributed by atoms with van der Waals surface area (Å²) >= 11 is 6.40. The van der Waals surface area contributed by atoms with E-state index >= 15 is 0 Å². The number of hydrogen-bond donors (Lipinski definition) is 2. The molecule has 0 spiro atoms. The number of nitrogens with one attached hydrogen (secondary N) is 1. The molecule has 0 radical (unpaired) electrons. The number of benzene rings is 1. The predicted molar refractivity (Wildman–Crippen MR) is 128 cm³/mol. The largest absolute Gasteiger partial charge is 0.385 e. The smallest absolute Gasteiger partial charge is 0.278 e. The van der Waals surface area contributed by atoms with Crippen LogP contribution in [0.4, 0.5) is 5.82 Å². The van der Waals surface area contributed by atoms with Gasteiger partial charge in [0.2, 0.25) is 11.5 Å². The maximum Gasteiger partial charge on any atom is 0.278 e. The van der Waals surface area contributed by atoms with E-state index in [2.05, 4.69) is 5.32 Å². The average molecular weight is 467 g/mol. The van der Waals surface area contributed by atoms with Gasteiger partial charge in [0.1, 0.15) is 10.9 Å². The lowest BCUT2D eigenvalue weighted by molar-refractivity contribution is -0.649. The maximum atomic E-state index is 13.4. The van der Waals surface area contributed by atoms with E-state index in [-0.39, 0.29) is 29.4 Å². The van der Waals surface area contributed by atoms with Crippen LogP contribution in [0.1, 0.15) is 27.9 Å². The molecule has 0 bridgehead atoms. The molecule has 9 heteroatoms. The number of nitrogen functional groups attached to an aromatic ring is 1. The van der Waals surface area contributed by atoms with E-state index < -0.39 is 0 Å². The standard InChI is InChI=1S/C24H24ClN5O3/c1-15-7-5-11-29-21(15)28-22-18(24(29)32)13-17(23(31)27-10-6-12-33-2)20(26)30(22)14-16-8-3-4-9-19(16)25/h3-5,7-9,11,13,26H,6,10,12,14H2,1-2H3,(H,27,31)/p+1. The van der Waals surface area contributed by atoms with Crippen molar-refractivity contribution in [2.45, 2.75) is 19.9 Å². The number of ether oxygens (including phenoxy) is 1. The van der Waals surface area contributed by atoms with E-state index in [0.29, 0.717) is 41.3 Å². The van der Waals surface area contributed by atoms with Crippen LogP contribution in [0.5, 0.6) is 0 Å². The molecular formula is C24H25ClN5O3+. The van der Waals surface area contributed by atoms with Gasteiger partial charge in [-0.25, -0.2) is 4.57 Å². The van der Waals surface area contributed by atoms with E-state index in [4.69, 9.17) is 27.1 Å². The lowest BCUT2D eigenvalue weighted by atomic mass is 10.1. The molecule has 0 saturated heterocycles. The zero-order chi connectivity index (χ0) is 23.5. The number of anilines is 1. The molecule has 1 amide bonds. The van der Waals surface area contributed by atoms with E-state index in [0.717, 1.165) is 11.1 Å². The molecule has 0 aliphatic heterocycles. The van der Waals surface area contributed by atoms with E-state index in [1.165, 1.54) is 10.5 Å². The fourth-order valence-corrected chi connectivity index (χ4v) is 3.96. The minimum Gasteiger partial charge on any atom is -0.385 e. The Kier molecular flexibility index (Phi) is 6.57. The number of halogens is 1. The Bertz CT molecular complexity index is 1420. The topological polar surface area (TPSA) is 103 Å². The average Bonchev–Trinajstić information content (AvgIpc) is 2.80. The zero-order valence-electron chi connectivity index (χ0n) is 18.5. The van der Waals surface area contributed by atoms with E-state index in [9.17, 15) is 9.59 Å². The number of carbonyl (C=O) groups is 1. The molecule has 4 rings (SSSR count). The lowest BCUT2D eigenvalue weighted by Gasteiger charge is -2.13. The summed E-state index contributed by atoms with van der Waals surface area (Å²) in [6, 6.07) is 12.6. The Morgan fingerprint density at radius 3 is 2.82 bits per heavy atom. The summed E-state index contributed by atoms with van der Waals surface area (Å²) < 4.78 is 8.18. The van der Waals surface area contributed by atoms with Gasteiger partial charge in [0.25, 0.3) is 17.1 Å². The lowest BCUT2D eigenvalue weighted by Crippen LogP contribution is -2.43. The Morgan fingerprint density at radius 1 is 1.27 bits per heavy atom. The van der Waals surface area contributed by atoms with Crippen molar-refractivity contribution >= 4 is 40.0 Å². The zero-order valence-corrected chi connectivity index (χ0v) is 19.2. The first kappa shape index (κ1) is 22.7. The van der Waals surface area contributed by atoms with Crippen LogP contribution in [0.15, 0.2) is 53.5 Å². The molecule has 1 aromatic carbocycles. The number of carbonyl (C=O) groups excluding carboxylic acids is 1. The summed E-state index contributed by atoms with van der Waals surface area (Å²) in [5, 5.41) is 3.69. The Balaban J connectivity index is 1.94. The molecule has 4 aromatic rings. The molecule has 0 saturated carbocycles. The second kappa shape index (κ2) is 9.56. The number of aromatic nitrogens is 3. The highest BCUT2D eigenvalue weighted by molar-refractivity contribution is 6.31. The number of amides is 1. The van der Waals surface area contributed by atoms with Gasteiger partial charge in [-0.2, -0.15) is 0 Å². The number of methoxy groups -OCH3 is 1. The molecule has 0 aliphatic carbocycles. The van der Waals surface area contributed by atoms with Crippen molar-refractivity contribution in [1.82, 2.24) is 14.7 Å². The molecule has 8 nitrogen and oxygen atoms in total. The van der Waals surface area contributed by atoms with Crippen LogP contribution in [0.3, 0.4) is 0 Å². The van der Waals surface area contributed by atoms with Crippen LogP contribution in [0, 0.1) is 6.92 Å². The second-order valence-corrected chi connectivity index (χ2v) is 8.17. The van der Waals surface area contributed by atoms with Gasteiger partial charge < -0.3 is 15.8 Å². The van der Waals surface area contributed by atoms with Crippen molar-refractivity contribution < 1.29 is 14.1 Å². The van der Waals surface area contributed by atoms with Crippen LogP contribution < -0.4 is 21.2 Å². The number of hydrogen-bond acceptors (Lipinski definition) is 5. The third-order valence-electron chi connectivity index (χ3n) is 5.52. The van der Waals surface area contributed by atoms with Gasteiger partial charge in [-0.15, -0.1) is 0 Å². The summed E-state index contributed by atoms with van der Waals surface area (Å²) in [4.78, 5) is 31.1. The van der Waals surface area contributed by atoms with E-state index in [1.54, 1.807) is 30.0 Å². The van der Waals surface area contributed by atoms with Gasteiger partial charge in [-0.3, -0.25) is 14.0 Å². The van der Waals surface area contributed by atoms with Crippen LogP contribution in [0.25, 0.3) is 16.7 Å². The predicted octanol–water partition coefficient (Wildman–Crippen LogP) is 2.49. The fraction of sp³-hybridized carbons (Fsp3) is 0.250. The first-order chi connectivity index (χ1) is 15.9. The Hall–Kier alpha value is -3.49. The normalized spacial score (nSPS) is 11.2. The molecule has 0 aliphatic rings. The number of pyridine rings is 2. The van der Waals surface area contributed by atoms with Crippen molar-refractivity contribution in [3.63, 3.8) is 0 Å². The van der Waals surface area contributed by atoms with Crippen LogP contribution in [-0.2, 0) is 11.3 Å². The Labute approximate surface area is 195 Å². The SMILES string of the molecule is COCCCNC(=O)c1cc2c(=O)n3cccc(C)c3nc2[n+](Cc2ccccc2Cl)c1N. The molecule has 3 heterocycles. The molecule has 0 atom stereocenters. The van der Waals surface area contributed by atoms with Gasteiger partial charge in [0, 0.05) is 42.6 Å². The van der Waals surface area contributed by atoms with Gasteiger partial charge >= 0.3 is 0 Å². The van der Waals surface area contributed by atoms with Crippen LogP contribution in [-0.4, -0.2) is 35.6 Å². The minimum atomic E-state index is -0.368. The van der Waals surface area contributed by atoms with Crippen molar-refractivity contribution in [1.29, 1.82) is 0 Å².